The minimum absolute atomic E-state index is 0.0741. The number of benzene rings is 1. The Morgan fingerprint density at radius 2 is 1.68 bits per heavy atom. The van der Waals surface area contributed by atoms with Crippen molar-refractivity contribution in [2.45, 2.75) is 6.92 Å². The number of hydrogen-bond acceptors (Lipinski definition) is 4. The fraction of sp³-hybridized carbons (Fsp3) is 0.0667. The molecule has 98 valence electrons. The largest absolute Gasteiger partial charge is 0.386 e. The summed E-state index contributed by atoms with van der Waals surface area (Å²) in [5.41, 5.74) is 1.50. The van der Waals surface area contributed by atoms with Crippen molar-refractivity contribution in [2.75, 3.05) is 0 Å². The first-order chi connectivity index (χ1) is 8.97. The van der Waals surface area contributed by atoms with E-state index in [1.807, 2.05) is 0 Å². The zero-order valence-corrected chi connectivity index (χ0v) is 10.6. The first-order valence-corrected chi connectivity index (χ1v) is 5.46. The molecule has 0 saturated heterocycles. The van der Waals surface area contributed by atoms with Crippen LogP contribution in [0.1, 0.15) is 18.1 Å². The average molecular weight is 258 g/mol. The summed E-state index contributed by atoms with van der Waals surface area (Å²) in [5.74, 6) is -1.65. The van der Waals surface area contributed by atoms with E-state index in [1.54, 1.807) is 30.3 Å². The molecule has 0 atom stereocenters. The lowest BCUT2D eigenvalue weighted by Gasteiger charge is -2.08. The molecular formula is C15H14O4. The van der Waals surface area contributed by atoms with Gasteiger partial charge < -0.3 is 0 Å². The third kappa shape index (κ3) is 3.67. The Hall–Kier alpha value is -2.62. The molecule has 19 heavy (non-hydrogen) atoms. The van der Waals surface area contributed by atoms with Gasteiger partial charge in [0.25, 0.3) is 0 Å². The second-order valence-corrected chi connectivity index (χ2v) is 3.79. The molecule has 4 heteroatoms. The van der Waals surface area contributed by atoms with Gasteiger partial charge in [-0.25, -0.2) is 19.4 Å². The van der Waals surface area contributed by atoms with Crippen molar-refractivity contribution in [3.63, 3.8) is 0 Å². The quantitative estimate of drug-likeness (QED) is 0.473. The Morgan fingerprint density at radius 3 is 2.26 bits per heavy atom. The van der Waals surface area contributed by atoms with Gasteiger partial charge in [-0.15, -0.1) is 0 Å². The fourth-order valence-corrected chi connectivity index (χ4v) is 1.26. The van der Waals surface area contributed by atoms with Gasteiger partial charge in [0, 0.05) is 5.57 Å². The molecule has 1 aromatic rings. The van der Waals surface area contributed by atoms with E-state index >= 15 is 0 Å². The maximum atomic E-state index is 11.7. The molecule has 0 fully saturated rings. The van der Waals surface area contributed by atoms with Crippen LogP contribution in [-0.2, 0) is 19.4 Å². The van der Waals surface area contributed by atoms with Crippen LogP contribution < -0.4 is 0 Å². The summed E-state index contributed by atoms with van der Waals surface area (Å²) in [7, 11) is 0. The highest BCUT2D eigenvalue weighted by atomic mass is 17.2. The fourth-order valence-electron chi connectivity index (χ4n) is 1.26. The molecule has 4 nitrogen and oxygen atoms in total. The molecule has 0 aliphatic heterocycles. The summed E-state index contributed by atoms with van der Waals surface area (Å²) in [6.45, 7) is 12.1. The molecule has 0 bridgehead atoms. The van der Waals surface area contributed by atoms with Crippen molar-refractivity contribution in [3.05, 3.63) is 60.7 Å². The molecule has 0 N–H and O–H groups in total. The van der Waals surface area contributed by atoms with E-state index in [0.29, 0.717) is 5.56 Å². The zero-order chi connectivity index (χ0) is 14.4. The van der Waals surface area contributed by atoms with Crippen LogP contribution in [0.4, 0.5) is 0 Å². The van der Waals surface area contributed by atoms with Gasteiger partial charge in [0.05, 0.1) is 5.57 Å². The molecule has 0 radical (unpaired) electrons. The summed E-state index contributed by atoms with van der Waals surface area (Å²) in [4.78, 5) is 31.5. The van der Waals surface area contributed by atoms with E-state index < -0.39 is 11.9 Å². The van der Waals surface area contributed by atoms with Crippen LogP contribution in [-0.4, -0.2) is 11.9 Å². The smallest absolute Gasteiger partial charge is 0.242 e. The molecule has 0 amide bonds. The molecule has 1 aromatic carbocycles. The molecule has 0 aromatic heterocycles. The Balaban J connectivity index is 2.78. The molecular weight excluding hydrogens is 244 g/mol. The van der Waals surface area contributed by atoms with Gasteiger partial charge in [0.1, 0.15) is 0 Å². The molecule has 0 saturated carbocycles. The summed E-state index contributed by atoms with van der Waals surface area (Å²) in [5, 5.41) is 0. The monoisotopic (exact) mass is 258 g/mol. The van der Waals surface area contributed by atoms with E-state index in [-0.39, 0.29) is 11.1 Å². The summed E-state index contributed by atoms with van der Waals surface area (Å²) < 4.78 is 0. The average Bonchev–Trinajstić information content (AvgIpc) is 2.43. The number of hydrogen-bond donors (Lipinski definition) is 0. The van der Waals surface area contributed by atoms with Gasteiger partial charge >= 0.3 is 11.9 Å². The van der Waals surface area contributed by atoms with Gasteiger partial charge in [-0.3, -0.25) is 0 Å². The van der Waals surface area contributed by atoms with Crippen LogP contribution in [0.15, 0.2) is 49.6 Å². The van der Waals surface area contributed by atoms with Crippen LogP contribution >= 0.6 is 0 Å². The second kappa shape index (κ2) is 6.35. The molecule has 0 spiro atoms. The second-order valence-electron chi connectivity index (χ2n) is 3.79. The summed E-state index contributed by atoms with van der Waals surface area (Å²) >= 11 is 0. The summed E-state index contributed by atoms with van der Waals surface area (Å²) in [6, 6.07) is 7.03. The number of carbonyl (C=O) groups is 2. The highest BCUT2D eigenvalue weighted by Gasteiger charge is 2.16. The zero-order valence-electron chi connectivity index (χ0n) is 10.6. The highest BCUT2D eigenvalue weighted by Crippen LogP contribution is 2.20. The standard InChI is InChI=1S/C15H14O4/c1-5-12-8-6-7-9-13(12)11(4)15(17)19-18-14(16)10(2)3/h5-9H,1-2,4H2,3H3. The minimum atomic E-state index is -0.844. The molecule has 0 aliphatic carbocycles. The van der Waals surface area contributed by atoms with Crippen LogP contribution in [0, 0.1) is 0 Å². The Kier molecular flexibility index (Phi) is 4.83. The molecule has 1 rings (SSSR count). The molecule has 0 heterocycles. The predicted molar refractivity (Wildman–Crippen MR) is 72.6 cm³/mol. The normalized spacial score (nSPS) is 9.32. The van der Waals surface area contributed by atoms with Crippen LogP contribution in [0.25, 0.3) is 11.6 Å². The lowest BCUT2D eigenvalue weighted by atomic mass is 10.0. The predicted octanol–water partition coefficient (Wildman–Crippen LogP) is 2.92. The van der Waals surface area contributed by atoms with Crippen LogP contribution in [0.2, 0.25) is 0 Å². The van der Waals surface area contributed by atoms with E-state index in [1.165, 1.54) is 6.92 Å². The van der Waals surface area contributed by atoms with E-state index in [2.05, 4.69) is 29.5 Å². The van der Waals surface area contributed by atoms with Crippen molar-refractivity contribution >= 4 is 23.6 Å². The Morgan fingerprint density at radius 1 is 1.11 bits per heavy atom. The van der Waals surface area contributed by atoms with Gasteiger partial charge in [0.2, 0.25) is 0 Å². The van der Waals surface area contributed by atoms with Crippen molar-refractivity contribution in [1.82, 2.24) is 0 Å². The van der Waals surface area contributed by atoms with Crippen molar-refractivity contribution < 1.29 is 19.4 Å². The topological polar surface area (TPSA) is 52.6 Å². The van der Waals surface area contributed by atoms with E-state index in [4.69, 9.17) is 0 Å². The highest BCUT2D eigenvalue weighted by molar-refractivity contribution is 6.16. The van der Waals surface area contributed by atoms with Crippen molar-refractivity contribution in [1.29, 1.82) is 0 Å². The lowest BCUT2D eigenvalue weighted by Crippen LogP contribution is -2.12. The van der Waals surface area contributed by atoms with E-state index in [9.17, 15) is 9.59 Å². The summed E-state index contributed by atoms with van der Waals surface area (Å²) in [6.07, 6.45) is 1.59. The van der Waals surface area contributed by atoms with Gasteiger partial charge in [-0.05, 0) is 18.1 Å². The Bertz CT molecular complexity index is 555. The first-order valence-electron chi connectivity index (χ1n) is 5.46. The lowest BCUT2D eigenvalue weighted by molar-refractivity contribution is -0.250. The van der Waals surface area contributed by atoms with Crippen molar-refractivity contribution in [3.8, 4) is 0 Å². The SMILES string of the molecule is C=Cc1ccccc1C(=C)C(=O)OOC(=O)C(=C)C. The number of carbonyl (C=O) groups excluding carboxylic acids is 2. The van der Waals surface area contributed by atoms with Gasteiger partial charge in [0.15, 0.2) is 0 Å². The molecule has 0 unspecified atom stereocenters. The maximum absolute atomic E-state index is 11.7. The molecule has 0 aliphatic rings. The Labute approximate surface area is 111 Å². The number of rotatable bonds is 4. The van der Waals surface area contributed by atoms with E-state index in [0.717, 1.165) is 5.56 Å². The first kappa shape index (κ1) is 14.4. The third-order valence-corrected chi connectivity index (χ3v) is 2.29. The van der Waals surface area contributed by atoms with Crippen molar-refractivity contribution in [2.24, 2.45) is 0 Å². The van der Waals surface area contributed by atoms with Gasteiger partial charge in [-0.2, -0.15) is 0 Å². The third-order valence-electron chi connectivity index (χ3n) is 2.29. The van der Waals surface area contributed by atoms with Crippen LogP contribution in [0.3, 0.4) is 0 Å². The minimum Gasteiger partial charge on any atom is -0.242 e. The maximum Gasteiger partial charge on any atom is 0.386 e. The van der Waals surface area contributed by atoms with Gasteiger partial charge in [-0.1, -0.05) is 50.1 Å². The van der Waals surface area contributed by atoms with Crippen LogP contribution in [0.5, 0.6) is 0 Å².